The molecule has 2 heterocycles. The Kier molecular flexibility index (Phi) is 13.1. The van der Waals surface area contributed by atoms with Gasteiger partial charge in [0.05, 0.1) is 32.0 Å². The first-order valence-corrected chi connectivity index (χ1v) is 19.4. The van der Waals surface area contributed by atoms with Gasteiger partial charge in [-0.05, 0) is 81.2 Å². The molecule has 2 aliphatic heterocycles. The molecule has 7 atom stereocenters. The van der Waals surface area contributed by atoms with Crippen molar-refractivity contribution in [3.8, 4) is 0 Å². The molecular weight excluding hydrogens is 684 g/mol. The smallest absolute Gasteiger partial charge is 0.328 e. The van der Waals surface area contributed by atoms with Crippen molar-refractivity contribution in [1.82, 2.24) is 15.5 Å². The minimum Gasteiger partial charge on any atom is -0.467 e. The number of rotatable bonds is 11. The van der Waals surface area contributed by atoms with Gasteiger partial charge in [0.2, 0.25) is 5.91 Å². The molecule has 290 valence electrons. The van der Waals surface area contributed by atoms with Crippen LogP contribution in [0, 0.1) is 5.92 Å². The molecule has 1 saturated carbocycles. The summed E-state index contributed by atoms with van der Waals surface area (Å²) < 4.78 is 18.3. The molecule has 3 fully saturated rings. The quantitative estimate of drug-likeness (QED) is 0.162. The average molecular weight is 741 g/mol. The number of likely N-dealkylation sites (tertiary alicyclic amines) is 1. The SMILES string of the molecule is COC(=O)[C@H](Cc1ccccc1)NC(=O)Nc1ccc([C@H]2O[C@@H](CN3[C@@H](C(=O)NC(C)(C)C)CC[C@H]4CCCC[C@H]43)C[C@@H](c3ccc(CO)cc3)O2)cc1. The van der Waals surface area contributed by atoms with E-state index in [9.17, 15) is 19.5 Å². The van der Waals surface area contributed by atoms with Crippen molar-refractivity contribution in [2.45, 2.75) is 121 Å². The van der Waals surface area contributed by atoms with E-state index in [1.54, 1.807) is 12.1 Å². The number of ether oxygens (including phenoxy) is 3. The third-order valence-corrected chi connectivity index (χ3v) is 10.9. The number of methoxy groups -OCH3 is 1. The lowest BCUT2D eigenvalue weighted by Gasteiger charge is -2.50. The minimum absolute atomic E-state index is 0.0372. The number of fused-ring (bicyclic) bond motifs is 1. The van der Waals surface area contributed by atoms with Crippen LogP contribution in [0.15, 0.2) is 78.9 Å². The first-order chi connectivity index (χ1) is 26.0. The van der Waals surface area contributed by atoms with Crippen LogP contribution in [0.4, 0.5) is 10.5 Å². The van der Waals surface area contributed by atoms with Gasteiger partial charge in [-0.3, -0.25) is 9.69 Å². The third-order valence-electron chi connectivity index (χ3n) is 10.9. The van der Waals surface area contributed by atoms with Crippen LogP contribution in [0.1, 0.15) is 100 Å². The Morgan fingerprint density at radius 2 is 1.57 bits per heavy atom. The van der Waals surface area contributed by atoms with Crippen molar-refractivity contribution in [2.75, 3.05) is 19.0 Å². The van der Waals surface area contributed by atoms with E-state index in [0.717, 1.165) is 47.9 Å². The Labute approximate surface area is 319 Å². The van der Waals surface area contributed by atoms with Gasteiger partial charge < -0.3 is 35.3 Å². The average Bonchev–Trinajstić information content (AvgIpc) is 3.17. The van der Waals surface area contributed by atoms with Crippen LogP contribution in [0.25, 0.3) is 0 Å². The van der Waals surface area contributed by atoms with E-state index < -0.39 is 24.3 Å². The van der Waals surface area contributed by atoms with E-state index in [0.29, 0.717) is 37.0 Å². The van der Waals surface area contributed by atoms with E-state index in [-0.39, 0.29) is 36.3 Å². The van der Waals surface area contributed by atoms with Crippen LogP contribution in [-0.4, -0.2) is 71.3 Å². The summed E-state index contributed by atoms with van der Waals surface area (Å²) in [6.07, 6.45) is 6.28. The second-order valence-electron chi connectivity index (χ2n) is 16.0. The van der Waals surface area contributed by atoms with E-state index in [1.165, 1.54) is 20.0 Å². The van der Waals surface area contributed by atoms with Crippen molar-refractivity contribution in [2.24, 2.45) is 5.92 Å². The highest BCUT2D eigenvalue weighted by Crippen LogP contribution is 2.42. The molecule has 1 aliphatic carbocycles. The molecule has 6 rings (SSSR count). The fraction of sp³-hybridized carbons (Fsp3) is 0.512. The standard InChI is InChI=1S/C43H56N4O7/c1-43(2,3)46-39(49)37-23-20-30-12-8-9-13-36(30)47(37)26-34-25-38(31-16-14-29(27-48)15-17-31)54-41(53-34)32-18-21-33(22-19-32)44-42(51)45-35(40(50)52-4)24-28-10-6-5-7-11-28/h5-7,10-11,14-19,21-22,30,34-38,41,48H,8-9,12-13,20,23-27H2,1-4H3,(H,46,49)(H2,44,45,51)/t30-,34-,35+,36-,37-,38+,41+/m1/s1. The summed E-state index contributed by atoms with van der Waals surface area (Å²) in [7, 11) is 1.30. The van der Waals surface area contributed by atoms with Crippen LogP contribution in [0.3, 0.4) is 0 Å². The molecule has 0 bridgehead atoms. The summed E-state index contributed by atoms with van der Waals surface area (Å²) in [5, 5.41) is 18.5. The van der Waals surface area contributed by atoms with Crippen LogP contribution < -0.4 is 16.0 Å². The highest BCUT2D eigenvalue weighted by Gasteiger charge is 2.44. The van der Waals surface area contributed by atoms with E-state index in [4.69, 9.17) is 14.2 Å². The topological polar surface area (TPSA) is 138 Å². The maximum atomic E-state index is 13.8. The number of hydrogen-bond acceptors (Lipinski definition) is 8. The molecule has 0 radical (unpaired) electrons. The predicted molar refractivity (Wildman–Crippen MR) is 206 cm³/mol. The number of nitrogens with one attached hydrogen (secondary N) is 3. The summed E-state index contributed by atoms with van der Waals surface area (Å²) in [6.45, 7) is 6.65. The molecule has 0 spiro atoms. The summed E-state index contributed by atoms with van der Waals surface area (Å²) in [5.74, 6) is 0.125. The van der Waals surface area contributed by atoms with Gasteiger partial charge in [-0.15, -0.1) is 0 Å². The number of aliphatic hydroxyl groups is 1. The Hall–Kier alpha value is -4.29. The van der Waals surface area contributed by atoms with Crippen molar-refractivity contribution >= 4 is 23.6 Å². The fourth-order valence-electron chi connectivity index (χ4n) is 8.23. The Balaban J connectivity index is 1.19. The molecule has 0 unspecified atom stereocenters. The van der Waals surface area contributed by atoms with Gasteiger partial charge in [0, 0.05) is 42.2 Å². The molecule has 11 heteroatoms. The highest BCUT2D eigenvalue weighted by atomic mass is 16.7. The van der Waals surface area contributed by atoms with Crippen LogP contribution in [-0.2, 0) is 36.8 Å². The highest BCUT2D eigenvalue weighted by molar-refractivity contribution is 5.92. The molecule has 2 saturated heterocycles. The molecular formula is C43H56N4O7. The van der Waals surface area contributed by atoms with Gasteiger partial charge in [0.1, 0.15) is 6.04 Å². The summed E-state index contributed by atoms with van der Waals surface area (Å²) in [6, 6.07) is 23.3. The number of esters is 1. The van der Waals surface area contributed by atoms with Gasteiger partial charge in [-0.2, -0.15) is 0 Å². The van der Waals surface area contributed by atoms with E-state index in [2.05, 4.69) is 20.9 Å². The lowest BCUT2D eigenvalue weighted by Crippen LogP contribution is -2.61. The lowest BCUT2D eigenvalue weighted by molar-refractivity contribution is -0.255. The zero-order chi connectivity index (χ0) is 38.2. The molecule has 3 aromatic carbocycles. The maximum absolute atomic E-state index is 13.8. The van der Waals surface area contributed by atoms with Crippen LogP contribution in [0.5, 0.6) is 0 Å². The number of carbonyl (C=O) groups excluding carboxylic acids is 3. The van der Waals surface area contributed by atoms with Gasteiger partial charge in [-0.25, -0.2) is 9.59 Å². The summed E-state index contributed by atoms with van der Waals surface area (Å²) in [4.78, 5) is 41.7. The number of amides is 3. The maximum Gasteiger partial charge on any atom is 0.328 e. The number of piperidine rings is 1. The summed E-state index contributed by atoms with van der Waals surface area (Å²) in [5.41, 5.74) is 3.71. The molecule has 3 aromatic rings. The lowest BCUT2D eigenvalue weighted by atomic mass is 9.75. The predicted octanol–water partition coefficient (Wildman–Crippen LogP) is 6.57. The van der Waals surface area contributed by atoms with Crippen molar-refractivity contribution in [1.29, 1.82) is 0 Å². The van der Waals surface area contributed by atoms with E-state index in [1.807, 2.05) is 87.5 Å². The molecule has 54 heavy (non-hydrogen) atoms. The van der Waals surface area contributed by atoms with Gasteiger partial charge >= 0.3 is 12.0 Å². The molecule has 0 aromatic heterocycles. The number of aliphatic hydroxyl groups excluding tert-OH is 1. The van der Waals surface area contributed by atoms with Gasteiger partial charge in [0.15, 0.2) is 6.29 Å². The minimum atomic E-state index is -0.857. The fourth-order valence-corrected chi connectivity index (χ4v) is 8.23. The third kappa shape index (κ3) is 10.3. The Morgan fingerprint density at radius 1 is 0.870 bits per heavy atom. The number of nitrogens with zero attached hydrogens (tertiary/aromatic N) is 1. The molecule has 3 aliphatic rings. The second kappa shape index (κ2) is 17.9. The largest absolute Gasteiger partial charge is 0.467 e. The number of benzene rings is 3. The summed E-state index contributed by atoms with van der Waals surface area (Å²) >= 11 is 0. The van der Waals surface area contributed by atoms with E-state index >= 15 is 0 Å². The van der Waals surface area contributed by atoms with Gasteiger partial charge in [0.25, 0.3) is 0 Å². The zero-order valence-electron chi connectivity index (χ0n) is 32.0. The molecule has 3 amide bonds. The molecule has 4 N–H and O–H groups in total. The Bertz CT molecular complexity index is 1700. The monoisotopic (exact) mass is 740 g/mol. The van der Waals surface area contributed by atoms with Crippen molar-refractivity contribution in [3.05, 3.63) is 101 Å². The molecule has 11 nitrogen and oxygen atoms in total. The van der Waals surface area contributed by atoms with Crippen molar-refractivity contribution in [3.63, 3.8) is 0 Å². The normalized spacial score (nSPS) is 25.1. The Morgan fingerprint density at radius 3 is 2.26 bits per heavy atom. The first-order valence-electron chi connectivity index (χ1n) is 19.4. The zero-order valence-corrected chi connectivity index (χ0v) is 32.0. The first kappa shape index (κ1) is 39.4. The van der Waals surface area contributed by atoms with Crippen LogP contribution >= 0.6 is 0 Å². The number of anilines is 1. The number of hydrogen-bond donors (Lipinski definition) is 4. The van der Waals surface area contributed by atoms with Gasteiger partial charge in [-0.1, -0.05) is 79.6 Å². The number of urea groups is 1. The number of carbonyl (C=O) groups is 3. The van der Waals surface area contributed by atoms with Crippen molar-refractivity contribution < 1.29 is 33.7 Å². The van der Waals surface area contributed by atoms with Crippen LogP contribution in [0.2, 0.25) is 0 Å². The second-order valence-corrected chi connectivity index (χ2v) is 16.0.